The molecule has 92 valence electrons. The highest BCUT2D eigenvalue weighted by molar-refractivity contribution is 5.81. The average molecular weight is 229 g/mol. The van der Waals surface area contributed by atoms with Crippen LogP contribution in [0.15, 0.2) is 12.2 Å². The van der Waals surface area contributed by atoms with Crippen LogP contribution in [0.3, 0.4) is 0 Å². The topological polar surface area (TPSA) is 75.6 Å². The molecule has 0 radical (unpaired) electrons. The van der Waals surface area contributed by atoms with Gasteiger partial charge in [-0.05, 0) is 12.8 Å². The van der Waals surface area contributed by atoms with Gasteiger partial charge in [-0.3, -0.25) is 0 Å². The van der Waals surface area contributed by atoms with Crippen molar-refractivity contribution in [1.82, 2.24) is 5.32 Å². The van der Waals surface area contributed by atoms with Crippen molar-refractivity contribution in [2.24, 2.45) is 0 Å². The number of hydrogen-bond donors (Lipinski definition) is 2. The number of ether oxygens (including phenoxy) is 1. The molecule has 0 aromatic rings. The van der Waals surface area contributed by atoms with Gasteiger partial charge in [0.1, 0.15) is 6.04 Å². The number of allylic oxidation sites excluding steroid dienone is 1. The summed E-state index contributed by atoms with van der Waals surface area (Å²) in [4.78, 5) is 21.9. The summed E-state index contributed by atoms with van der Waals surface area (Å²) in [5, 5.41) is 11.1. The summed E-state index contributed by atoms with van der Waals surface area (Å²) < 4.78 is 4.80. The van der Waals surface area contributed by atoms with Crippen molar-refractivity contribution < 1.29 is 19.4 Å². The molecule has 1 unspecified atom stereocenters. The largest absolute Gasteiger partial charge is 0.479 e. The number of rotatable bonds is 7. The number of nitrogens with one attached hydrogen (secondary N) is 1. The smallest absolute Gasteiger partial charge is 0.408 e. The first kappa shape index (κ1) is 14.5. The van der Waals surface area contributed by atoms with Gasteiger partial charge in [-0.15, -0.1) is 0 Å². The highest BCUT2D eigenvalue weighted by atomic mass is 16.5. The number of carboxylic acids is 1. The van der Waals surface area contributed by atoms with Crippen LogP contribution in [0.5, 0.6) is 0 Å². The maximum atomic E-state index is 11.2. The number of hydrogen-bond acceptors (Lipinski definition) is 3. The molecule has 0 fully saturated rings. The zero-order valence-corrected chi connectivity index (χ0v) is 9.73. The third kappa shape index (κ3) is 6.86. The molecule has 0 bridgehead atoms. The quantitative estimate of drug-likeness (QED) is 0.516. The molecule has 0 spiro atoms. The first-order chi connectivity index (χ1) is 7.61. The molecule has 0 aromatic carbocycles. The zero-order chi connectivity index (χ0) is 12.4. The van der Waals surface area contributed by atoms with E-state index in [4.69, 9.17) is 9.84 Å². The first-order valence-corrected chi connectivity index (χ1v) is 5.44. The van der Waals surface area contributed by atoms with Crippen molar-refractivity contribution in [2.45, 2.75) is 39.2 Å². The number of amides is 1. The van der Waals surface area contributed by atoms with E-state index in [-0.39, 0.29) is 0 Å². The van der Waals surface area contributed by atoms with Crippen molar-refractivity contribution in [2.75, 3.05) is 6.61 Å². The predicted octanol–water partition coefficient (Wildman–Crippen LogP) is 1.93. The molecule has 0 saturated carbocycles. The molecule has 1 atom stereocenters. The number of carbonyl (C=O) groups excluding carboxylic acids is 1. The second-order valence-corrected chi connectivity index (χ2v) is 3.29. The van der Waals surface area contributed by atoms with Crippen molar-refractivity contribution in [3.05, 3.63) is 12.2 Å². The maximum Gasteiger partial charge on any atom is 0.408 e. The Labute approximate surface area is 95.5 Å². The van der Waals surface area contributed by atoms with Crippen molar-refractivity contribution >= 4 is 12.1 Å². The minimum Gasteiger partial charge on any atom is -0.479 e. The molecule has 0 heterocycles. The number of carboxylic acid groups (broad SMARTS) is 1. The number of aliphatic carboxylic acids is 1. The van der Waals surface area contributed by atoms with Gasteiger partial charge < -0.3 is 15.2 Å². The molecule has 5 nitrogen and oxygen atoms in total. The van der Waals surface area contributed by atoms with Crippen molar-refractivity contribution in [1.29, 1.82) is 0 Å². The Balaban J connectivity index is 4.03. The lowest BCUT2D eigenvalue weighted by Crippen LogP contribution is -2.39. The van der Waals surface area contributed by atoms with E-state index in [1.807, 2.05) is 13.8 Å². The van der Waals surface area contributed by atoms with Gasteiger partial charge in [0, 0.05) is 0 Å². The summed E-state index contributed by atoms with van der Waals surface area (Å²) in [7, 11) is 0. The predicted molar refractivity (Wildman–Crippen MR) is 60.2 cm³/mol. The molecule has 1 amide bonds. The van der Waals surface area contributed by atoms with Gasteiger partial charge >= 0.3 is 12.1 Å². The summed E-state index contributed by atoms with van der Waals surface area (Å²) in [5.41, 5.74) is 0. The SMILES string of the molecule is CCC=CC(NC(=O)OCCCC)C(=O)O. The van der Waals surface area contributed by atoms with E-state index in [9.17, 15) is 9.59 Å². The van der Waals surface area contributed by atoms with E-state index < -0.39 is 18.1 Å². The molecule has 2 N–H and O–H groups in total. The Hall–Kier alpha value is -1.52. The summed E-state index contributed by atoms with van der Waals surface area (Å²) >= 11 is 0. The van der Waals surface area contributed by atoms with Gasteiger partial charge in [-0.2, -0.15) is 0 Å². The van der Waals surface area contributed by atoms with Gasteiger partial charge in [-0.25, -0.2) is 9.59 Å². The molecule has 16 heavy (non-hydrogen) atoms. The van der Waals surface area contributed by atoms with Crippen LogP contribution in [0.25, 0.3) is 0 Å². The molecule has 0 aliphatic rings. The Bertz CT molecular complexity index is 250. The number of carbonyl (C=O) groups is 2. The standard InChI is InChI=1S/C11H19NO4/c1-3-5-7-9(10(13)14)12-11(15)16-8-6-4-2/h5,7,9H,3-4,6,8H2,1-2H3,(H,12,15)(H,13,14). The van der Waals surface area contributed by atoms with E-state index in [1.54, 1.807) is 6.08 Å². The van der Waals surface area contributed by atoms with Gasteiger partial charge in [-0.1, -0.05) is 32.4 Å². The van der Waals surface area contributed by atoms with Crippen LogP contribution in [0.1, 0.15) is 33.1 Å². The first-order valence-electron chi connectivity index (χ1n) is 5.44. The fourth-order valence-electron chi connectivity index (χ4n) is 0.942. The average Bonchev–Trinajstić information content (AvgIpc) is 2.24. The third-order valence-corrected chi connectivity index (χ3v) is 1.83. The van der Waals surface area contributed by atoms with Crippen LogP contribution in [-0.4, -0.2) is 29.8 Å². The second-order valence-electron chi connectivity index (χ2n) is 3.29. The van der Waals surface area contributed by atoms with E-state index in [0.29, 0.717) is 6.61 Å². The van der Waals surface area contributed by atoms with Crippen molar-refractivity contribution in [3.63, 3.8) is 0 Å². The highest BCUT2D eigenvalue weighted by Gasteiger charge is 2.16. The lowest BCUT2D eigenvalue weighted by Gasteiger charge is -2.10. The molecule has 5 heteroatoms. The lowest BCUT2D eigenvalue weighted by molar-refractivity contribution is -0.138. The Kier molecular flexibility index (Phi) is 7.93. The Morgan fingerprint density at radius 2 is 2.12 bits per heavy atom. The molecular formula is C11H19NO4. The molecular weight excluding hydrogens is 210 g/mol. The van der Waals surface area contributed by atoms with Gasteiger partial charge in [0.25, 0.3) is 0 Å². The Morgan fingerprint density at radius 1 is 1.44 bits per heavy atom. The van der Waals surface area contributed by atoms with Crippen LogP contribution in [0.4, 0.5) is 4.79 Å². The molecule has 0 saturated heterocycles. The van der Waals surface area contributed by atoms with Crippen LogP contribution >= 0.6 is 0 Å². The summed E-state index contributed by atoms with van der Waals surface area (Å²) in [5.74, 6) is -1.10. The van der Waals surface area contributed by atoms with E-state index in [0.717, 1.165) is 19.3 Å². The van der Waals surface area contributed by atoms with Crippen LogP contribution in [-0.2, 0) is 9.53 Å². The lowest BCUT2D eigenvalue weighted by atomic mass is 10.2. The van der Waals surface area contributed by atoms with E-state index in [2.05, 4.69) is 5.32 Å². The van der Waals surface area contributed by atoms with Crippen molar-refractivity contribution in [3.8, 4) is 0 Å². The molecule has 0 rings (SSSR count). The van der Waals surface area contributed by atoms with Gasteiger partial charge in [0.2, 0.25) is 0 Å². The summed E-state index contributed by atoms with van der Waals surface area (Å²) in [6.07, 6.45) is 4.84. The number of alkyl carbamates (subject to hydrolysis) is 1. The maximum absolute atomic E-state index is 11.2. The Morgan fingerprint density at radius 3 is 2.62 bits per heavy atom. The van der Waals surface area contributed by atoms with E-state index >= 15 is 0 Å². The highest BCUT2D eigenvalue weighted by Crippen LogP contribution is 1.93. The van der Waals surface area contributed by atoms with E-state index in [1.165, 1.54) is 6.08 Å². The minimum absolute atomic E-state index is 0.312. The molecule has 0 aliphatic heterocycles. The third-order valence-electron chi connectivity index (χ3n) is 1.83. The van der Waals surface area contributed by atoms with Crippen LogP contribution < -0.4 is 5.32 Å². The zero-order valence-electron chi connectivity index (χ0n) is 9.73. The second kappa shape index (κ2) is 8.76. The molecule has 0 aromatic heterocycles. The monoisotopic (exact) mass is 229 g/mol. The number of unbranched alkanes of at least 4 members (excludes halogenated alkanes) is 1. The normalized spacial score (nSPS) is 12.4. The van der Waals surface area contributed by atoms with Gasteiger partial charge in [0.15, 0.2) is 0 Å². The van der Waals surface area contributed by atoms with Crippen LogP contribution in [0.2, 0.25) is 0 Å². The molecule has 0 aliphatic carbocycles. The summed E-state index contributed by atoms with van der Waals surface area (Å²) in [6.45, 7) is 4.17. The van der Waals surface area contributed by atoms with Gasteiger partial charge in [0.05, 0.1) is 6.61 Å². The fraction of sp³-hybridized carbons (Fsp3) is 0.636. The minimum atomic E-state index is -1.10. The fourth-order valence-corrected chi connectivity index (χ4v) is 0.942. The summed E-state index contributed by atoms with van der Waals surface area (Å²) in [6, 6.07) is -1.02. The van der Waals surface area contributed by atoms with Crippen LogP contribution in [0, 0.1) is 0 Å².